The van der Waals surface area contributed by atoms with Gasteiger partial charge in [0, 0.05) is 24.1 Å². The molecule has 1 heterocycles. The van der Waals surface area contributed by atoms with Crippen molar-refractivity contribution in [2.24, 2.45) is 5.73 Å². The summed E-state index contributed by atoms with van der Waals surface area (Å²) in [4.78, 5) is 10.7. The first-order chi connectivity index (χ1) is 8.30. The molecule has 0 aromatic heterocycles. The maximum Gasteiger partial charge on any atom is 0.311 e. The summed E-state index contributed by atoms with van der Waals surface area (Å²) in [7, 11) is 0. The van der Waals surface area contributed by atoms with Gasteiger partial charge in [-0.2, -0.15) is 0 Å². The van der Waals surface area contributed by atoms with Crippen molar-refractivity contribution in [2.45, 2.75) is 38.6 Å². The van der Waals surface area contributed by atoms with Gasteiger partial charge in [-0.25, -0.2) is 0 Å². The van der Waals surface area contributed by atoms with E-state index in [0.717, 1.165) is 11.1 Å². The zero-order valence-electron chi connectivity index (χ0n) is 11.3. The van der Waals surface area contributed by atoms with E-state index < -0.39 is 4.92 Å². The summed E-state index contributed by atoms with van der Waals surface area (Å²) in [5.74, 6) is 0.340. The zero-order chi connectivity index (χ0) is 13.5. The van der Waals surface area contributed by atoms with E-state index in [1.165, 1.54) is 0 Å². The molecular weight excluding hydrogens is 268 g/mol. The molecule has 0 amide bonds. The van der Waals surface area contributed by atoms with Gasteiger partial charge in [0.15, 0.2) is 0 Å². The molecule has 2 N–H and O–H groups in total. The smallest absolute Gasteiger partial charge is 0.311 e. The van der Waals surface area contributed by atoms with Gasteiger partial charge in [0.2, 0.25) is 5.75 Å². The molecule has 1 aliphatic heterocycles. The standard InChI is InChI=1S/C13H18N2O3.ClH/c1-13(2,3)8-6-9-10(14)4-5-18-12(9)11(7-8)15(16)17;/h6-7,10H,4-5,14H2,1-3H3;1H/t10-;/m1./s1. The first-order valence-electron chi connectivity index (χ1n) is 6.02. The van der Waals surface area contributed by atoms with Crippen molar-refractivity contribution in [3.63, 3.8) is 0 Å². The highest BCUT2D eigenvalue weighted by Gasteiger charge is 2.30. The molecule has 19 heavy (non-hydrogen) atoms. The predicted molar refractivity (Wildman–Crippen MR) is 76.1 cm³/mol. The van der Waals surface area contributed by atoms with Gasteiger partial charge < -0.3 is 10.5 Å². The number of ether oxygens (including phenoxy) is 1. The molecule has 0 bridgehead atoms. The number of nitrogens with two attached hydrogens (primary N) is 1. The van der Waals surface area contributed by atoms with Crippen molar-refractivity contribution in [1.29, 1.82) is 0 Å². The second kappa shape index (κ2) is 5.35. The van der Waals surface area contributed by atoms with Crippen molar-refractivity contribution in [1.82, 2.24) is 0 Å². The van der Waals surface area contributed by atoms with Crippen molar-refractivity contribution in [3.05, 3.63) is 33.4 Å². The molecule has 2 rings (SSSR count). The van der Waals surface area contributed by atoms with Crippen LogP contribution in [0.5, 0.6) is 5.75 Å². The fourth-order valence-electron chi connectivity index (χ4n) is 2.08. The van der Waals surface area contributed by atoms with E-state index in [1.54, 1.807) is 6.07 Å². The molecule has 0 saturated heterocycles. The van der Waals surface area contributed by atoms with E-state index in [-0.39, 0.29) is 29.6 Å². The van der Waals surface area contributed by atoms with Crippen LogP contribution in [0.3, 0.4) is 0 Å². The number of rotatable bonds is 1. The normalized spacial score (nSPS) is 18.0. The molecule has 5 nitrogen and oxygen atoms in total. The van der Waals surface area contributed by atoms with Gasteiger partial charge in [-0.1, -0.05) is 20.8 Å². The Morgan fingerprint density at radius 3 is 2.58 bits per heavy atom. The third kappa shape index (κ3) is 2.98. The van der Waals surface area contributed by atoms with Crippen LogP contribution in [0.25, 0.3) is 0 Å². The highest BCUT2D eigenvalue weighted by atomic mass is 35.5. The third-order valence-electron chi connectivity index (χ3n) is 3.24. The van der Waals surface area contributed by atoms with Crippen LogP contribution in [-0.4, -0.2) is 11.5 Å². The second-order valence-electron chi connectivity index (χ2n) is 5.66. The fraction of sp³-hybridized carbons (Fsp3) is 0.538. The highest BCUT2D eigenvalue weighted by Crippen LogP contribution is 2.41. The molecule has 1 aromatic carbocycles. The molecule has 0 aliphatic carbocycles. The van der Waals surface area contributed by atoms with Crippen LogP contribution in [0.1, 0.15) is 44.4 Å². The molecule has 1 aromatic rings. The number of halogens is 1. The molecule has 1 aliphatic rings. The predicted octanol–water partition coefficient (Wildman–Crippen LogP) is 3.10. The molecule has 6 heteroatoms. The van der Waals surface area contributed by atoms with E-state index in [2.05, 4.69) is 0 Å². The summed E-state index contributed by atoms with van der Waals surface area (Å²) < 4.78 is 5.43. The lowest BCUT2D eigenvalue weighted by atomic mass is 9.84. The Kier molecular flexibility index (Phi) is 4.43. The summed E-state index contributed by atoms with van der Waals surface area (Å²) >= 11 is 0. The number of hydrogen-bond acceptors (Lipinski definition) is 4. The summed E-state index contributed by atoms with van der Waals surface area (Å²) in [6, 6.07) is 3.35. The molecule has 0 unspecified atom stereocenters. The monoisotopic (exact) mass is 286 g/mol. The largest absolute Gasteiger partial charge is 0.487 e. The topological polar surface area (TPSA) is 78.4 Å². The van der Waals surface area contributed by atoms with E-state index in [0.29, 0.717) is 18.8 Å². The lowest BCUT2D eigenvalue weighted by Gasteiger charge is -2.26. The maximum atomic E-state index is 11.1. The van der Waals surface area contributed by atoms with Crippen LogP contribution in [0.2, 0.25) is 0 Å². The number of fused-ring (bicyclic) bond motifs is 1. The molecular formula is C13H19ClN2O3. The minimum absolute atomic E-state index is 0. The number of nitro groups is 1. The summed E-state index contributed by atoms with van der Waals surface area (Å²) in [6.45, 7) is 6.50. The maximum absolute atomic E-state index is 11.1. The number of hydrogen-bond donors (Lipinski definition) is 1. The molecule has 0 saturated carbocycles. The third-order valence-corrected chi connectivity index (χ3v) is 3.24. The average Bonchev–Trinajstić information content (AvgIpc) is 2.27. The van der Waals surface area contributed by atoms with Crippen molar-refractivity contribution in [2.75, 3.05) is 6.61 Å². The van der Waals surface area contributed by atoms with Gasteiger partial charge in [0.25, 0.3) is 0 Å². The van der Waals surface area contributed by atoms with Crippen LogP contribution in [0.4, 0.5) is 5.69 Å². The Hall–Kier alpha value is -1.33. The first kappa shape index (κ1) is 15.7. The summed E-state index contributed by atoms with van der Waals surface area (Å²) in [6.07, 6.45) is 0.692. The van der Waals surface area contributed by atoms with Crippen LogP contribution >= 0.6 is 12.4 Å². The molecule has 0 radical (unpaired) electrons. The van der Waals surface area contributed by atoms with Crippen LogP contribution in [0.15, 0.2) is 12.1 Å². The number of nitro benzene ring substituents is 1. The highest BCUT2D eigenvalue weighted by molar-refractivity contribution is 5.85. The lowest BCUT2D eigenvalue weighted by Crippen LogP contribution is -2.23. The van der Waals surface area contributed by atoms with Gasteiger partial charge in [-0.3, -0.25) is 10.1 Å². The lowest BCUT2D eigenvalue weighted by molar-refractivity contribution is -0.386. The first-order valence-corrected chi connectivity index (χ1v) is 6.02. The van der Waals surface area contributed by atoms with E-state index >= 15 is 0 Å². The Bertz CT molecular complexity index is 497. The van der Waals surface area contributed by atoms with Gasteiger partial charge in [-0.15, -0.1) is 12.4 Å². The average molecular weight is 287 g/mol. The number of nitrogens with zero attached hydrogens (tertiary/aromatic N) is 1. The Morgan fingerprint density at radius 2 is 2.05 bits per heavy atom. The molecule has 0 spiro atoms. The van der Waals surface area contributed by atoms with Gasteiger partial charge >= 0.3 is 5.69 Å². The molecule has 106 valence electrons. The van der Waals surface area contributed by atoms with Gasteiger partial charge in [-0.05, 0) is 17.0 Å². The minimum Gasteiger partial charge on any atom is -0.487 e. The summed E-state index contributed by atoms with van der Waals surface area (Å²) in [5.41, 5.74) is 7.55. The van der Waals surface area contributed by atoms with Crippen LogP contribution < -0.4 is 10.5 Å². The van der Waals surface area contributed by atoms with Crippen molar-refractivity contribution in [3.8, 4) is 5.75 Å². The Labute approximate surface area is 118 Å². The van der Waals surface area contributed by atoms with Crippen LogP contribution in [0, 0.1) is 10.1 Å². The minimum atomic E-state index is -0.397. The zero-order valence-corrected chi connectivity index (χ0v) is 12.1. The quantitative estimate of drug-likeness (QED) is 0.635. The fourth-order valence-corrected chi connectivity index (χ4v) is 2.08. The van der Waals surface area contributed by atoms with E-state index in [9.17, 15) is 10.1 Å². The Morgan fingerprint density at radius 1 is 1.42 bits per heavy atom. The molecule has 0 fully saturated rings. The molecule has 1 atom stereocenters. The summed E-state index contributed by atoms with van der Waals surface area (Å²) in [5, 5.41) is 11.1. The SMILES string of the molecule is CC(C)(C)c1cc2c(c([N+](=O)[O-])c1)OCC[C@H]2N.Cl. The second-order valence-corrected chi connectivity index (χ2v) is 5.66. The van der Waals surface area contributed by atoms with Crippen LogP contribution in [-0.2, 0) is 5.41 Å². The van der Waals surface area contributed by atoms with Crippen molar-refractivity contribution >= 4 is 18.1 Å². The number of benzene rings is 1. The Balaban J connectivity index is 0.00000180. The van der Waals surface area contributed by atoms with Gasteiger partial charge in [0.05, 0.1) is 11.5 Å². The van der Waals surface area contributed by atoms with E-state index in [1.807, 2.05) is 26.8 Å². The van der Waals surface area contributed by atoms with Gasteiger partial charge in [0.1, 0.15) is 0 Å². The van der Waals surface area contributed by atoms with E-state index in [4.69, 9.17) is 10.5 Å². The van der Waals surface area contributed by atoms with Crippen molar-refractivity contribution < 1.29 is 9.66 Å².